The normalized spacial score (nSPS) is 12.9. The first-order valence-electron chi connectivity index (χ1n) is 5.38. The van der Waals surface area contributed by atoms with E-state index in [-0.39, 0.29) is 11.7 Å². The SMILES string of the molecule is CO[Si](OC)(OC)C(C)Cc1ccccc1.N. The lowest BCUT2D eigenvalue weighted by Crippen LogP contribution is -2.47. The lowest BCUT2D eigenvalue weighted by molar-refractivity contribution is 0.113. The van der Waals surface area contributed by atoms with Crippen LogP contribution in [0.5, 0.6) is 0 Å². The zero-order valence-corrected chi connectivity index (χ0v) is 12.1. The Kier molecular flexibility index (Phi) is 7.25. The van der Waals surface area contributed by atoms with Gasteiger partial charge in [0.25, 0.3) is 0 Å². The Morgan fingerprint density at radius 3 is 1.88 bits per heavy atom. The summed E-state index contributed by atoms with van der Waals surface area (Å²) in [5.74, 6) is 0. The molecule has 0 heterocycles. The third kappa shape index (κ3) is 3.90. The summed E-state index contributed by atoms with van der Waals surface area (Å²) in [6.07, 6.45) is 0.905. The van der Waals surface area contributed by atoms with Gasteiger partial charge in [-0.2, -0.15) is 0 Å². The van der Waals surface area contributed by atoms with Gasteiger partial charge in [0.05, 0.1) is 0 Å². The molecule has 1 rings (SSSR count). The van der Waals surface area contributed by atoms with Crippen LogP contribution in [-0.4, -0.2) is 30.1 Å². The molecule has 0 fully saturated rings. The largest absolute Gasteiger partial charge is 0.503 e. The Bertz CT molecular complexity index is 296. The smallest absolute Gasteiger partial charge is 0.377 e. The van der Waals surface area contributed by atoms with Gasteiger partial charge in [-0.25, -0.2) is 0 Å². The highest BCUT2D eigenvalue weighted by molar-refractivity contribution is 6.62. The van der Waals surface area contributed by atoms with E-state index in [0.29, 0.717) is 0 Å². The molecule has 3 N–H and O–H groups in total. The third-order valence-corrected chi connectivity index (χ3v) is 5.96. The molecule has 0 aliphatic heterocycles. The molecule has 0 aliphatic carbocycles. The van der Waals surface area contributed by atoms with Crippen LogP contribution in [0.1, 0.15) is 12.5 Å². The molecule has 1 aromatic carbocycles. The molecule has 0 spiro atoms. The van der Waals surface area contributed by atoms with Crippen molar-refractivity contribution < 1.29 is 13.3 Å². The first-order valence-corrected chi connectivity index (χ1v) is 7.18. The molecule has 4 nitrogen and oxygen atoms in total. The maximum atomic E-state index is 5.46. The molecule has 0 radical (unpaired) electrons. The Morgan fingerprint density at radius 1 is 1.00 bits per heavy atom. The summed E-state index contributed by atoms with van der Waals surface area (Å²) in [4.78, 5) is 0. The lowest BCUT2D eigenvalue weighted by atomic mass is 10.1. The van der Waals surface area contributed by atoms with Gasteiger partial charge in [0, 0.05) is 26.9 Å². The Hall–Kier alpha value is -0.723. The minimum Gasteiger partial charge on any atom is -0.377 e. The van der Waals surface area contributed by atoms with Crippen molar-refractivity contribution in [3.63, 3.8) is 0 Å². The first-order chi connectivity index (χ1) is 7.68. The summed E-state index contributed by atoms with van der Waals surface area (Å²) in [6.45, 7) is 2.11. The van der Waals surface area contributed by atoms with Crippen molar-refractivity contribution in [3.8, 4) is 0 Å². The van der Waals surface area contributed by atoms with E-state index >= 15 is 0 Å². The standard InChI is InChI=1S/C12H20O3Si.H3N/c1-11(16(13-2,14-3)15-4)10-12-8-6-5-7-9-12;/h5-9,11H,10H2,1-4H3;1H3. The van der Waals surface area contributed by atoms with Crippen LogP contribution in [0.4, 0.5) is 0 Å². The van der Waals surface area contributed by atoms with Crippen molar-refractivity contribution in [3.05, 3.63) is 35.9 Å². The van der Waals surface area contributed by atoms with E-state index in [2.05, 4.69) is 19.1 Å². The van der Waals surface area contributed by atoms with Crippen molar-refractivity contribution >= 4 is 8.80 Å². The second-order valence-electron chi connectivity index (χ2n) is 3.81. The van der Waals surface area contributed by atoms with E-state index in [1.807, 2.05) is 18.2 Å². The average molecular weight is 257 g/mol. The summed E-state index contributed by atoms with van der Waals surface area (Å²) in [5, 5.41) is 0. The second-order valence-corrected chi connectivity index (χ2v) is 7.22. The fourth-order valence-electron chi connectivity index (χ4n) is 1.95. The fourth-order valence-corrected chi connectivity index (χ4v) is 4.14. The van der Waals surface area contributed by atoms with Gasteiger partial charge in [0.1, 0.15) is 0 Å². The molecular weight excluding hydrogens is 234 g/mol. The summed E-state index contributed by atoms with van der Waals surface area (Å²) in [5.41, 5.74) is 1.52. The highest BCUT2D eigenvalue weighted by atomic mass is 28.4. The van der Waals surface area contributed by atoms with Gasteiger partial charge in [-0.15, -0.1) is 0 Å². The molecule has 17 heavy (non-hydrogen) atoms. The van der Waals surface area contributed by atoms with Crippen LogP contribution in [0.2, 0.25) is 5.54 Å². The van der Waals surface area contributed by atoms with E-state index in [9.17, 15) is 0 Å². The molecule has 1 atom stereocenters. The zero-order chi connectivity index (χ0) is 12.0. The summed E-state index contributed by atoms with van der Waals surface area (Å²) >= 11 is 0. The molecule has 5 heteroatoms. The summed E-state index contributed by atoms with van der Waals surface area (Å²) in [7, 11) is 2.46. The Labute approximate surface area is 105 Å². The van der Waals surface area contributed by atoms with E-state index in [0.717, 1.165) is 6.42 Å². The molecule has 1 unspecified atom stereocenters. The molecule has 0 saturated heterocycles. The van der Waals surface area contributed by atoms with Crippen LogP contribution < -0.4 is 6.15 Å². The molecule has 0 aromatic heterocycles. The van der Waals surface area contributed by atoms with Crippen molar-refractivity contribution in [2.75, 3.05) is 21.3 Å². The predicted octanol–water partition coefficient (Wildman–Crippen LogP) is 2.66. The van der Waals surface area contributed by atoms with Crippen molar-refractivity contribution in [1.29, 1.82) is 0 Å². The molecule has 0 aliphatic rings. The third-order valence-electron chi connectivity index (χ3n) is 2.84. The van der Waals surface area contributed by atoms with E-state index < -0.39 is 8.80 Å². The Balaban J connectivity index is 0.00000256. The summed E-state index contributed by atoms with van der Waals surface area (Å²) < 4.78 is 16.4. The van der Waals surface area contributed by atoms with Gasteiger partial charge in [-0.3, -0.25) is 0 Å². The maximum absolute atomic E-state index is 5.46. The fraction of sp³-hybridized carbons (Fsp3) is 0.500. The van der Waals surface area contributed by atoms with Crippen molar-refractivity contribution in [1.82, 2.24) is 6.15 Å². The topological polar surface area (TPSA) is 62.7 Å². The number of rotatable bonds is 6. The quantitative estimate of drug-likeness (QED) is 0.796. The van der Waals surface area contributed by atoms with E-state index in [1.54, 1.807) is 21.3 Å². The number of benzene rings is 1. The summed E-state index contributed by atoms with van der Waals surface area (Å²) in [6, 6.07) is 10.3. The van der Waals surface area contributed by atoms with Crippen LogP contribution in [-0.2, 0) is 19.7 Å². The van der Waals surface area contributed by atoms with Crippen LogP contribution in [0.25, 0.3) is 0 Å². The van der Waals surface area contributed by atoms with Gasteiger partial charge in [-0.1, -0.05) is 37.3 Å². The monoisotopic (exact) mass is 257 g/mol. The number of hydrogen-bond donors (Lipinski definition) is 1. The maximum Gasteiger partial charge on any atom is 0.503 e. The first kappa shape index (κ1) is 16.3. The van der Waals surface area contributed by atoms with Crippen molar-refractivity contribution in [2.45, 2.75) is 18.9 Å². The highest BCUT2D eigenvalue weighted by Gasteiger charge is 2.44. The molecular formula is C12H23NO3Si. The minimum atomic E-state index is -2.50. The molecule has 0 amide bonds. The van der Waals surface area contributed by atoms with Crippen LogP contribution >= 0.6 is 0 Å². The van der Waals surface area contributed by atoms with Gasteiger partial charge in [0.15, 0.2) is 0 Å². The lowest BCUT2D eigenvalue weighted by Gasteiger charge is -2.30. The number of hydrogen-bond acceptors (Lipinski definition) is 4. The van der Waals surface area contributed by atoms with Gasteiger partial charge < -0.3 is 19.4 Å². The second kappa shape index (κ2) is 7.57. The Morgan fingerprint density at radius 2 is 1.47 bits per heavy atom. The van der Waals surface area contributed by atoms with Crippen LogP contribution in [0, 0.1) is 0 Å². The van der Waals surface area contributed by atoms with E-state index in [4.69, 9.17) is 13.3 Å². The van der Waals surface area contributed by atoms with Crippen LogP contribution in [0.15, 0.2) is 30.3 Å². The molecule has 1 aromatic rings. The minimum absolute atomic E-state index is 0. The van der Waals surface area contributed by atoms with Gasteiger partial charge >= 0.3 is 8.80 Å². The molecule has 98 valence electrons. The van der Waals surface area contributed by atoms with Crippen molar-refractivity contribution in [2.24, 2.45) is 0 Å². The average Bonchev–Trinajstić information content (AvgIpc) is 2.33. The van der Waals surface area contributed by atoms with Crippen LogP contribution in [0.3, 0.4) is 0 Å². The highest BCUT2D eigenvalue weighted by Crippen LogP contribution is 2.27. The molecule has 0 saturated carbocycles. The van der Waals surface area contributed by atoms with E-state index in [1.165, 1.54) is 5.56 Å². The molecule has 0 bridgehead atoms. The van der Waals surface area contributed by atoms with Gasteiger partial charge in [0.2, 0.25) is 0 Å². The predicted molar refractivity (Wildman–Crippen MR) is 71.4 cm³/mol. The zero-order valence-electron chi connectivity index (χ0n) is 11.1. The van der Waals surface area contributed by atoms with Gasteiger partial charge in [-0.05, 0) is 12.0 Å².